The molecule has 1 aliphatic rings. The quantitative estimate of drug-likeness (QED) is 0.179. The Bertz CT molecular complexity index is 1650. The fourth-order valence-corrected chi connectivity index (χ4v) is 6.76. The maximum absolute atomic E-state index is 13.2. The number of methoxy groups -OCH3 is 1. The highest BCUT2D eigenvalue weighted by Gasteiger charge is 2.25. The molecule has 5 aromatic rings. The van der Waals surface area contributed by atoms with Crippen LogP contribution in [0, 0.1) is 0 Å². The van der Waals surface area contributed by atoms with E-state index in [1.165, 1.54) is 23.1 Å². The summed E-state index contributed by atoms with van der Waals surface area (Å²) in [5, 5.41) is 13.0. The average molecular weight is 628 g/mol. The second-order valence-corrected chi connectivity index (χ2v) is 11.8. The monoisotopic (exact) mass is 626 g/mol. The molecule has 1 saturated heterocycles. The van der Waals surface area contributed by atoms with Crippen LogP contribution in [0.3, 0.4) is 0 Å². The maximum atomic E-state index is 13.2. The zero-order chi connectivity index (χ0) is 28.3. The number of carbonyl (C=O) groups is 1. The van der Waals surface area contributed by atoms with Gasteiger partial charge in [0.1, 0.15) is 16.5 Å². The van der Waals surface area contributed by atoms with Crippen molar-refractivity contribution in [3.8, 4) is 23.0 Å². The summed E-state index contributed by atoms with van der Waals surface area (Å²) in [6.45, 7) is 2.78. The first-order chi connectivity index (χ1) is 20.0. The van der Waals surface area contributed by atoms with Gasteiger partial charge in [0.25, 0.3) is 5.91 Å². The summed E-state index contributed by atoms with van der Waals surface area (Å²) in [6, 6.07) is 16.8. The summed E-state index contributed by atoms with van der Waals surface area (Å²) in [4.78, 5) is 22.0. The lowest BCUT2D eigenvalue weighted by Crippen LogP contribution is -2.48. The number of thioether (sulfide) groups is 1. The van der Waals surface area contributed by atoms with Crippen molar-refractivity contribution in [2.24, 2.45) is 0 Å². The number of hydrogen-bond donors (Lipinski definition) is 0. The molecule has 4 heterocycles. The van der Waals surface area contributed by atoms with Crippen LogP contribution in [-0.2, 0) is 5.75 Å². The summed E-state index contributed by atoms with van der Waals surface area (Å²) in [5.74, 6) is 2.36. The third-order valence-electron chi connectivity index (χ3n) is 6.63. The van der Waals surface area contributed by atoms with Crippen molar-refractivity contribution >= 4 is 57.9 Å². The molecule has 210 valence electrons. The van der Waals surface area contributed by atoms with Crippen LogP contribution in [0.1, 0.15) is 15.5 Å². The number of halogens is 2. The number of benzene rings is 2. The fourth-order valence-electron chi connectivity index (χ4n) is 4.53. The third-order valence-corrected chi connectivity index (χ3v) is 9.14. The van der Waals surface area contributed by atoms with Crippen molar-refractivity contribution in [3.05, 3.63) is 87.0 Å². The minimum Gasteiger partial charge on any atom is -0.497 e. The van der Waals surface area contributed by atoms with E-state index in [0.29, 0.717) is 57.0 Å². The third kappa shape index (κ3) is 5.94. The van der Waals surface area contributed by atoms with Gasteiger partial charge in [0.15, 0.2) is 10.9 Å². The van der Waals surface area contributed by atoms with E-state index < -0.39 is 0 Å². The van der Waals surface area contributed by atoms with Gasteiger partial charge in [0, 0.05) is 42.3 Å². The smallest absolute Gasteiger partial charge is 0.273 e. The van der Waals surface area contributed by atoms with Crippen LogP contribution >= 0.6 is 46.3 Å². The largest absolute Gasteiger partial charge is 0.497 e. The van der Waals surface area contributed by atoms with E-state index in [1.54, 1.807) is 31.6 Å². The Kier molecular flexibility index (Phi) is 8.20. The van der Waals surface area contributed by atoms with Crippen LogP contribution < -0.4 is 9.64 Å². The van der Waals surface area contributed by atoms with Crippen LogP contribution in [0.15, 0.2) is 75.8 Å². The molecule has 1 amide bonds. The molecule has 41 heavy (non-hydrogen) atoms. The van der Waals surface area contributed by atoms with Crippen LogP contribution in [-0.4, -0.2) is 63.8 Å². The van der Waals surface area contributed by atoms with Crippen LogP contribution in [0.25, 0.3) is 17.3 Å². The molecule has 1 aliphatic heterocycles. The van der Waals surface area contributed by atoms with Crippen LogP contribution in [0.2, 0.25) is 10.0 Å². The first kappa shape index (κ1) is 27.6. The molecule has 2 aromatic carbocycles. The van der Waals surface area contributed by atoms with E-state index >= 15 is 0 Å². The van der Waals surface area contributed by atoms with Gasteiger partial charge in [-0.3, -0.25) is 9.36 Å². The van der Waals surface area contributed by atoms with E-state index in [-0.39, 0.29) is 5.91 Å². The van der Waals surface area contributed by atoms with Gasteiger partial charge in [-0.05, 0) is 54.6 Å². The Hall–Kier alpha value is -3.51. The van der Waals surface area contributed by atoms with E-state index in [2.05, 4.69) is 20.1 Å². The Balaban J connectivity index is 1.13. The zero-order valence-corrected chi connectivity index (χ0v) is 25.0. The summed E-state index contributed by atoms with van der Waals surface area (Å²) < 4.78 is 12.7. The maximum Gasteiger partial charge on any atom is 0.273 e. The number of amides is 1. The van der Waals surface area contributed by atoms with Gasteiger partial charge >= 0.3 is 0 Å². The highest BCUT2D eigenvalue weighted by molar-refractivity contribution is 7.98. The van der Waals surface area contributed by atoms with E-state index in [4.69, 9.17) is 32.4 Å². The van der Waals surface area contributed by atoms with Crippen molar-refractivity contribution in [2.75, 3.05) is 38.2 Å². The normalized spacial score (nSPS) is 13.5. The molecule has 0 aliphatic carbocycles. The predicted molar refractivity (Wildman–Crippen MR) is 162 cm³/mol. The Morgan fingerprint density at radius 3 is 2.59 bits per heavy atom. The molecular formula is C28H24Cl2N6O3S2. The second-order valence-electron chi connectivity index (χ2n) is 9.11. The summed E-state index contributed by atoms with van der Waals surface area (Å²) in [5.41, 5.74) is 2.26. The Labute approximate surface area is 254 Å². The molecule has 1 fully saturated rings. The predicted octanol–water partition coefficient (Wildman–Crippen LogP) is 6.55. The van der Waals surface area contributed by atoms with Gasteiger partial charge in [-0.1, -0.05) is 35.0 Å². The molecule has 3 aromatic heterocycles. The molecule has 9 nitrogen and oxygen atoms in total. The van der Waals surface area contributed by atoms with Gasteiger partial charge in [-0.2, -0.15) is 0 Å². The number of anilines is 1. The summed E-state index contributed by atoms with van der Waals surface area (Å²) >= 11 is 15.6. The number of furan rings is 1. The van der Waals surface area contributed by atoms with Crippen molar-refractivity contribution in [3.63, 3.8) is 0 Å². The van der Waals surface area contributed by atoms with E-state index in [1.807, 2.05) is 51.2 Å². The fraction of sp³-hybridized carbons (Fsp3) is 0.214. The molecule has 0 bridgehead atoms. The number of aromatic nitrogens is 4. The molecule has 13 heteroatoms. The standard InChI is InChI=1S/C28H24Cl2N6O3S2/c1-38-20-7-5-19(6-8-20)34-10-12-35(13-11-34)27(37)22-16-40-25(31-22)17-41-28-33-32-26(24-3-2-14-39-24)36(28)23-9-4-18(29)15-21(23)30/h2-9,14-16H,10-13,17H2,1H3. The van der Waals surface area contributed by atoms with Gasteiger partial charge in [0.2, 0.25) is 5.82 Å². The number of piperazine rings is 1. The van der Waals surface area contributed by atoms with Gasteiger partial charge in [-0.15, -0.1) is 21.5 Å². The molecule has 0 radical (unpaired) electrons. The molecule has 0 N–H and O–H groups in total. The van der Waals surface area contributed by atoms with Crippen LogP contribution in [0.4, 0.5) is 5.69 Å². The lowest BCUT2D eigenvalue weighted by Gasteiger charge is -2.35. The molecule has 0 atom stereocenters. The van der Waals surface area contributed by atoms with Gasteiger partial charge in [-0.25, -0.2) is 4.98 Å². The molecule has 0 unspecified atom stereocenters. The Morgan fingerprint density at radius 2 is 1.88 bits per heavy atom. The molecule has 6 rings (SSSR count). The van der Waals surface area contributed by atoms with Crippen molar-refractivity contribution in [2.45, 2.75) is 10.9 Å². The Morgan fingerprint density at radius 1 is 1.07 bits per heavy atom. The van der Waals surface area contributed by atoms with Crippen molar-refractivity contribution in [1.82, 2.24) is 24.6 Å². The topological polar surface area (TPSA) is 89.5 Å². The van der Waals surface area contributed by atoms with Crippen LogP contribution in [0.5, 0.6) is 5.75 Å². The highest BCUT2D eigenvalue weighted by Crippen LogP contribution is 2.34. The van der Waals surface area contributed by atoms with Gasteiger partial charge < -0.3 is 19.0 Å². The minimum atomic E-state index is -0.0527. The first-order valence-corrected chi connectivity index (χ1v) is 15.3. The SMILES string of the molecule is COc1ccc(N2CCN(C(=O)c3csc(CSc4nnc(-c5ccco5)n4-c4ccc(Cl)cc4Cl)n3)CC2)cc1. The lowest BCUT2D eigenvalue weighted by molar-refractivity contribution is 0.0741. The van der Waals surface area contributed by atoms with E-state index in [9.17, 15) is 4.79 Å². The molecule has 0 saturated carbocycles. The van der Waals surface area contributed by atoms with Crippen molar-refractivity contribution < 1.29 is 13.9 Å². The number of ether oxygens (including phenoxy) is 1. The number of carbonyl (C=O) groups excluding carboxylic acids is 1. The number of nitrogens with zero attached hydrogens (tertiary/aromatic N) is 6. The molecular weight excluding hydrogens is 603 g/mol. The first-order valence-electron chi connectivity index (χ1n) is 12.7. The molecule has 0 spiro atoms. The number of rotatable bonds is 8. The minimum absolute atomic E-state index is 0.0527. The lowest BCUT2D eigenvalue weighted by atomic mass is 10.2. The van der Waals surface area contributed by atoms with Crippen molar-refractivity contribution in [1.29, 1.82) is 0 Å². The van der Waals surface area contributed by atoms with Gasteiger partial charge in [0.05, 0.1) is 29.8 Å². The van der Waals surface area contributed by atoms with E-state index in [0.717, 1.165) is 29.5 Å². The average Bonchev–Trinajstić information content (AvgIpc) is 3.77. The number of hydrogen-bond acceptors (Lipinski definition) is 9. The summed E-state index contributed by atoms with van der Waals surface area (Å²) in [7, 11) is 1.66. The second kappa shape index (κ2) is 12.2. The number of thiazole rings is 1. The summed E-state index contributed by atoms with van der Waals surface area (Å²) in [6.07, 6.45) is 1.58. The zero-order valence-electron chi connectivity index (χ0n) is 21.9. The highest BCUT2D eigenvalue weighted by atomic mass is 35.5.